The molecule has 0 radical (unpaired) electrons. The summed E-state index contributed by atoms with van der Waals surface area (Å²) >= 11 is 7.44. The normalized spacial score (nSPS) is 16.8. The van der Waals surface area contributed by atoms with Crippen molar-refractivity contribution in [2.45, 2.75) is 25.8 Å². The highest BCUT2D eigenvalue weighted by Gasteiger charge is 2.24. The number of urea groups is 1. The molecule has 0 saturated heterocycles. The van der Waals surface area contributed by atoms with Gasteiger partial charge < -0.3 is 5.32 Å². The van der Waals surface area contributed by atoms with Crippen LogP contribution in [0.5, 0.6) is 0 Å². The number of carbonyl (C=O) groups excluding carboxylic acids is 1. The fourth-order valence-electron chi connectivity index (χ4n) is 2.44. The first-order valence-electron chi connectivity index (χ1n) is 6.40. The molecule has 1 heterocycles. The van der Waals surface area contributed by atoms with Gasteiger partial charge >= 0.3 is 6.03 Å². The van der Waals surface area contributed by atoms with E-state index in [1.165, 1.54) is 16.9 Å². The van der Waals surface area contributed by atoms with Crippen molar-refractivity contribution in [3.63, 3.8) is 0 Å². The number of nitrogens with zero attached hydrogens (tertiary/aromatic N) is 1. The number of aromatic nitrogens is 1. The fraction of sp³-hybridized carbons (Fsp3) is 0.286. The second-order valence-corrected chi connectivity index (χ2v) is 6.48. The molecule has 2 aromatic rings. The van der Waals surface area contributed by atoms with Crippen LogP contribution in [0.1, 0.15) is 28.5 Å². The molecule has 1 aliphatic rings. The van der Waals surface area contributed by atoms with Crippen LogP contribution in [-0.2, 0) is 6.42 Å². The highest BCUT2D eigenvalue weighted by atomic mass is 35.5. The standard InChI is InChI=1S/C14H14ClN3OS/c1-8-7-16-14(20-8)18-13(19)17-12-5-2-9-6-10(15)3-4-11(9)12/h3-4,6-7,12H,2,5H2,1H3,(H2,16,17,18,19)/t12-/m1/s1. The van der Waals surface area contributed by atoms with Crippen molar-refractivity contribution < 1.29 is 4.79 Å². The zero-order valence-corrected chi connectivity index (χ0v) is 12.5. The molecule has 0 saturated carbocycles. The molecule has 2 N–H and O–H groups in total. The van der Waals surface area contributed by atoms with Crippen LogP contribution in [0.2, 0.25) is 5.02 Å². The van der Waals surface area contributed by atoms with Crippen LogP contribution in [0.15, 0.2) is 24.4 Å². The molecule has 0 spiro atoms. The zero-order chi connectivity index (χ0) is 14.1. The number of hydrogen-bond donors (Lipinski definition) is 2. The number of halogens is 1. The van der Waals surface area contributed by atoms with Gasteiger partial charge in [0.25, 0.3) is 0 Å². The minimum Gasteiger partial charge on any atom is -0.331 e. The first kappa shape index (κ1) is 13.4. The Hall–Kier alpha value is -1.59. The van der Waals surface area contributed by atoms with Crippen LogP contribution in [-0.4, -0.2) is 11.0 Å². The third kappa shape index (κ3) is 2.78. The molecule has 1 aromatic carbocycles. The summed E-state index contributed by atoms with van der Waals surface area (Å²) in [6, 6.07) is 5.65. The Labute approximate surface area is 126 Å². The van der Waals surface area contributed by atoms with Gasteiger partial charge in [0.05, 0.1) is 6.04 Å². The summed E-state index contributed by atoms with van der Waals surface area (Å²) in [7, 11) is 0. The molecular formula is C14H14ClN3OS. The first-order chi connectivity index (χ1) is 9.61. The van der Waals surface area contributed by atoms with Gasteiger partial charge in [-0.15, -0.1) is 11.3 Å². The Balaban J connectivity index is 1.66. The SMILES string of the molecule is Cc1cnc(NC(=O)N[C@@H]2CCc3cc(Cl)ccc32)s1. The van der Waals surface area contributed by atoms with Crippen molar-refractivity contribution in [1.82, 2.24) is 10.3 Å². The van der Waals surface area contributed by atoms with Gasteiger partial charge in [0, 0.05) is 16.1 Å². The summed E-state index contributed by atoms with van der Waals surface area (Å²) in [6.45, 7) is 1.96. The largest absolute Gasteiger partial charge is 0.331 e. The molecule has 3 rings (SSSR count). The summed E-state index contributed by atoms with van der Waals surface area (Å²) in [5, 5.41) is 7.11. The minimum absolute atomic E-state index is 0.0447. The van der Waals surface area contributed by atoms with Gasteiger partial charge in [-0.3, -0.25) is 5.32 Å². The van der Waals surface area contributed by atoms with Gasteiger partial charge in [-0.25, -0.2) is 9.78 Å². The van der Waals surface area contributed by atoms with Gasteiger partial charge in [-0.1, -0.05) is 17.7 Å². The summed E-state index contributed by atoms with van der Waals surface area (Å²) in [4.78, 5) is 17.2. The van der Waals surface area contributed by atoms with Crippen molar-refractivity contribution in [2.24, 2.45) is 0 Å². The Kier molecular flexibility index (Phi) is 3.63. The lowest BCUT2D eigenvalue weighted by Gasteiger charge is -2.14. The van der Waals surface area contributed by atoms with E-state index in [1.807, 2.05) is 25.1 Å². The molecule has 2 amide bonds. The molecule has 0 unspecified atom stereocenters. The van der Waals surface area contributed by atoms with Crippen LogP contribution in [0.25, 0.3) is 0 Å². The Morgan fingerprint density at radius 1 is 1.50 bits per heavy atom. The third-order valence-electron chi connectivity index (χ3n) is 3.33. The second kappa shape index (κ2) is 5.42. The molecule has 0 aliphatic heterocycles. The van der Waals surface area contributed by atoms with Gasteiger partial charge in [0.2, 0.25) is 0 Å². The number of amides is 2. The Morgan fingerprint density at radius 3 is 3.10 bits per heavy atom. The lowest BCUT2D eigenvalue weighted by Crippen LogP contribution is -2.31. The summed E-state index contributed by atoms with van der Waals surface area (Å²) in [6.07, 6.45) is 3.59. The Bertz CT molecular complexity index is 656. The lowest BCUT2D eigenvalue weighted by molar-refractivity contribution is 0.248. The van der Waals surface area contributed by atoms with Crippen LogP contribution >= 0.6 is 22.9 Å². The molecule has 1 aliphatic carbocycles. The van der Waals surface area contributed by atoms with E-state index in [-0.39, 0.29) is 12.1 Å². The number of thiazole rings is 1. The highest BCUT2D eigenvalue weighted by Crippen LogP contribution is 2.32. The van der Waals surface area contributed by atoms with Gasteiger partial charge in [-0.05, 0) is 43.0 Å². The number of aryl methyl sites for hydroxylation is 2. The van der Waals surface area contributed by atoms with E-state index in [1.54, 1.807) is 6.20 Å². The zero-order valence-electron chi connectivity index (χ0n) is 10.9. The van der Waals surface area contributed by atoms with E-state index in [0.717, 1.165) is 28.3 Å². The number of benzene rings is 1. The quantitative estimate of drug-likeness (QED) is 0.883. The molecule has 1 aromatic heterocycles. The maximum absolute atomic E-state index is 12.0. The van der Waals surface area contributed by atoms with Crippen LogP contribution < -0.4 is 10.6 Å². The number of rotatable bonds is 2. The first-order valence-corrected chi connectivity index (χ1v) is 7.59. The molecule has 6 heteroatoms. The van der Waals surface area contributed by atoms with Crippen LogP contribution in [0.3, 0.4) is 0 Å². The summed E-state index contributed by atoms with van der Waals surface area (Å²) in [5.74, 6) is 0. The van der Waals surface area contributed by atoms with E-state index in [4.69, 9.17) is 11.6 Å². The highest BCUT2D eigenvalue weighted by molar-refractivity contribution is 7.15. The average molecular weight is 308 g/mol. The lowest BCUT2D eigenvalue weighted by atomic mass is 10.1. The van der Waals surface area contributed by atoms with Crippen molar-refractivity contribution in [2.75, 3.05) is 5.32 Å². The number of hydrogen-bond acceptors (Lipinski definition) is 3. The molecule has 4 nitrogen and oxygen atoms in total. The Morgan fingerprint density at radius 2 is 2.35 bits per heavy atom. The predicted octanol–water partition coefficient (Wildman–Crippen LogP) is 3.91. The number of nitrogens with one attached hydrogen (secondary N) is 2. The van der Waals surface area contributed by atoms with Crippen molar-refractivity contribution in [3.8, 4) is 0 Å². The smallest absolute Gasteiger partial charge is 0.321 e. The summed E-state index contributed by atoms with van der Waals surface area (Å²) < 4.78 is 0. The second-order valence-electron chi connectivity index (χ2n) is 4.81. The van der Waals surface area contributed by atoms with Crippen molar-refractivity contribution >= 4 is 34.1 Å². The number of fused-ring (bicyclic) bond motifs is 1. The van der Waals surface area contributed by atoms with Crippen LogP contribution in [0.4, 0.5) is 9.93 Å². The van der Waals surface area contributed by atoms with Crippen molar-refractivity contribution in [1.29, 1.82) is 0 Å². The molecule has 0 bridgehead atoms. The van der Waals surface area contributed by atoms with Crippen molar-refractivity contribution in [3.05, 3.63) is 45.4 Å². The van der Waals surface area contributed by atoms with E-state index in [2.05, 4.69) is 15.6 Å². The van der Waals surface area contributed by atoms with E-state index >= 15 is 0 Å². The van der Waals surface area contributed by atoms with Gasteiger partial charge in [-0.2, -0.15) is 0 Å². The predicted molar refractivity (Wildman–Crippen MR) is 81.5 cm³/mol. The monoisotopic (exact) mass is 307 g/mol. The molecule has 20 heavy (non-hydrogen) atoms. The summed E-state index contributed by atoms with van der Waals surface area (Å²) in [5.41, 5.74) is 2.37. The van der Waals surface area contributed by atoms with E-state index in [9.17, 15) is 4.79 Å². The maximum atomic E-state index is 12.0. The number of carbonyl (C=O) groups is 1. The fourth-order valence-corrected chi connectivity index (χ4v) is 3.29. The number of anilines is 1. The average Bonchev–Trinajstić information content (AvgIpc) is 2.96. The molecular weight excluding hydrogens is 294 g/mol. The molecule has 0 fully saturated rings. The maximum Gasteiger partial charge on any atom is 0.321 e. The third-order valence-corrected chi connectivity index (χ3v) is 4.39. The molecule has 104 valence electrons. The van der Waals surface area contributed by atoms with Gasteiger partial charge in [0.1, 0.15) is 0 Å². The van der Waals surface area contributed by atoms with E-state index < -0.39 is 0 Å². The molecule has 1 atom stereocenters. The van der Waals surface area contributed by atoms with E-state index in [0.29, 0.717) is 5.13 Å². The minimum atomic E-state index is -0.216. The van der Waals surface area contributed by atoms with Gasteiger partial charge in [0.15, 0.2) is 5.13 Å². The topological polar surface area (TPSA) is 54.0 Å². The van der Waals surface area contributed by atoms with Crippen LogP contribution in [0, 0.1) is 6.92 Å².